The zero-order valence-electron chi connectivity index (χ0n) is 16.5. The highest BCUT2D eigenvalue weighted by atomic mass is 16.6. The fourth-order valence-electron chi connectivity index (χ4n) is 4.28. The fourth-order valence-corrected chi connectivity index (χ4v) is 4.28. The van der Waals surface area contributed by atoms with Crippen LogP contribution in [-0.4, -0.2) is 78.5 Å². The van der Waals surface area contributed by atoms with E-state index in [9.17, 15) is 14.9 Å². The lowest BCUT2D eigenvalue weighted by atomic mass is 10.1. The van der Waals surface area contributed by atoms with E-state index in [0.29, 0.717) is 17.3 Å². The second-order valence-electron chi connectivity index (χ2n) is 8.07. The quantitative estimate of drug-likeness (QED) is 0.591. The number of hydrogen-bond acceptors (Lipinski definition) is 6. The number of rotatable bonds is 6. The number of amides is 1. The van der Waals surface area contributed by atoms with Gasteiger partial charge in [0.2, 0.25) is 0 Å². The van der Waals surface area contributed by atoms with Crippen molar-refractivity contribution in [1.29, 1.82) is 0 Å². The minimum Gasteiger partial charge on any atom is -0.364 e. The summed E-state index contributed by atoms with van der Waals surface area (Å²) in [4.78, 5) is 30.7. The van der Waals surface area contributed by atoms with Gasteiger partial charge in [-0.2, -0.15) is 0 Å². The van der Waals surface area contributed by atoms with Crippen molar-refractivity contribution in [3.05, 3.63) is 33.9 Å². The smallest absolute Gasteiger partial charge is 0.293 e. The molecule has 1 aromatic rings. The first-order valence-corrected chi connectivity index (χ1v) is 10.4. The average Bonchev–Trinajstić information content (AvgIpc) is 3.39. The molecular weight excluding hydrogens is 358 g/mol. The Morgan fingerprint density at radius 3 is 2.57 bits per heavy atom. The third kappa shape index (κ3) is 4.12. The number of carbonyl (C=O) groups is 1. The number of carbonyl (C=O) groups excluding carboxylic acids is 1. The molecular formula is C20H29N5O3. The molecule has 152 valence electrons. The van der Waals surface area contributed by atoms with Crippen LogP contribution in [-0.2, 0) is 0 Å². The maximum atomic E-state index is 12.3. The second-order valence-corrected chi connectivity index (χ2v) is 8.07. The highest BCUT2D eigenvalue weighted by molar-refractivity contribution is 5.96. The van der Waals surface area contributed by atoms with Gasteiger partial charge in [0.15, 0.2) is 0 Å². The zero-order valence-corrected chi connectivity index (χ0v) is 16.5. The highest BCUT2D eigenvalue weighted by Crippen LogP contribution is 2.33. The van der Waals surface area contributed by atoms with Crippen LogP contribution < -0.4 is 10.2 Å². The Labute approximate surface area is 165 Å². The first-order chi connectivity index (χ1) is 13.5. The molecule has 8 heteroatoms. The van der Waals surface area contributed by atoms with Gasteiger partial charge in [-0.05, 0) is 37.9 Å². The lowest BCUT2D eigenvalue weighted by molar-refractivity contribution is -0.384. The van der Waals surface area contributed by atoms with Crippen LogP contribution in [0.5, 0.6) is 0 Å². The Bertz CT molecular complexity index is 743. The minimum absolute atomic E-state index is 0.0277. The molecule has 3 aliphatic rings. The van der Waals surface area contributed by atoms with E-state index in [1.165, 1.54) is 6.07 Å². The average molecular weight is 387 g/mol. The molecule has 1 amide bonds. The maximum Gasteiger partial charge on any atom is 0.293 e. The van der Waals surface area contributed by atoms with Crippen molar-refractivity contribution < 1.29 is 9.72 Å². The largest absolute Gasteiger partial charge is 0.364 e. The predicted molar refractivity (Wildman–Crippen MR) is 108 cm³/mol. The number of nitro benzene ring substituents is 1. The normalized spacial score (nSPS) is 23.8. The molecule has 1 aliphatic carbocycles. The zero-order chi connectivity index (χ0) is 19.7. The second kappa shape index (κ2) is 8.05. The molecule has 1 N–H and O–H groups in total. The molecule has 4 rings (SSSR count). The van der Waals surface area contributed by atoms with Gasteiger partial charge in [0.05, 0.1) is 4.92 Å². The Kier molecular flexibility index (Phi) is 5.50. The molecule has 3 fully saturated rings. The van der Waals surface area contributed by atoms with Crippen molar-refractivity contribution in [2.45, 2.75) is 38.3 Å². The first kappa shape index (κ1) is 19.1. The Balaban J connectivity index is 1.44. The Morgan fingerprint density at radius 1 is 1.18 bits per heavy atom. The molecule has 0 aromatic heterocycles. The number of nitrogens with one attached hydrogen (secondary N) is 1. The van der Waals surface area contributed by atoms with Gasteiger partial charge in [-0.3, -0.25) is 19.8 Å². The van der Waals surface area contributed by atoms with Crippen LogP contribution in [0, 0.1) is 10.1 Å². The summed E-state index contributed by atoms with van der Waals surface area (Å²) in [5, 5.41) is 14.6. The summed E-state index contributed by atoms with van der Waals surface area (Å²) in [6.07, 6.45) is 3.01. The van der Waals surface area contributed by atoms with E-state index in [1.807, 2.05) is 0 Å². The Morgan fingerprint density at radius 2 is 1.93 bits per heavy atom. The summed E-state index contributed by atoms with van der Waals surface area (Å²) < 4.78 is 0. The van der Waals surface area contributed by atoms with Crippen molar-refractivity contribution in [2.75, 3.05) is 50.7 Å². The van der Waals surface area contributed by atoms with E-state index in [1.54, 1.807) is 12.1 Å². The molecule has 28 heavy (non-hydrogen) atoms. The highest BCUT2D eigenvalue weighted by Gasteiger charge is 2.33. The third-order valence-electron chi connectivity index (χ3n) is 6.22. The van der Waals surface area contributed by atoms with Crippen LogP contribution >= 0.6 is 0 Å². The summed E-state index contributed by atoms with van der Waals surface area (Å²) >= 11 is 0. The van der Waals surface area contributed by atoms with E-state index in [2.05, 4.69) is 26.9 Å². The van der Waals surface area contributed by atoms with Gasteiger partial charge in [0.1, 0.15) is 5.69 Å². The lowest BCUT2D eigenvalue weighted by Gasteiger charge is -2.37. The van der Waals surface area contributed by atoms with Gasteiger partial charge in [-0.1, -0.05) is 6.92 Å². The summed E-state index contributed by atoms with van der Waals surface area (Å²) in [6, 6.07) is 5.57. The predicted octanol–water partition coefficient (Wildman–Crippen LogP) is 1.70. The molecule has 0 radical (unpaired) electrons. The van der Waals surface area contributed by atoms with Gasteiger partial charge in [0, 0.05) is 63.0 Å². The van der Waals surface area contributed by atoms with Crippen LogP contribution in [0.4, 0.5) is 11.4 Å². The van der Waals surface area contributed by atoms with E-state index in [4.69, 9.17) is 0 Å². The molecule has 1 saturated carbocycles. The topological polar surface area (TPSA) is 82.0 Å². The maximum absolute atomic E-state index is 12.3. The fraction of sp³-hybridized carbons (Fsp3) is 0.650. The number of nitro groups is 1. The molecule has 1 unspecified atom stereocenters. The number of nitrogens with zero attached hydrogens (tertiary/aromatic N) is 4. The van der Waals surface area contributed by atoms with Crippen molar-refractivity contribution in [2.24, 2.45) is 0 Å². The van der Waals surface area contributed by atoms with Gasteiger partial charge >= 0.3 is 0 Å². The molecule has 2 saturated heterocycles. The number of piperazine rings is 1. The third-order valence-corrected chi connectivity index (χ3v) is 6.22. The van der Waals surface area contributed by atoms with Gasteiger partial charge in [-0.15, -0.1) is 0 Å². The lowest BCUT2D eigenvalue weighted by Crippen LogP contribution is -2.50. The van der Waals surface area contributed by atoms with E-state index in [0.717, 1.165) is 65.1 Å². The minimum atomic E-state index is -0.364. The Hall–Kier alpha value is -2.19. The monoisotopic (exact) mass is 387 g/mol. The molecule has 0 bridgehead atoms. The molecule has 2 aliphatic heterocycles. The summed E-state index contributed by atoms with van der Waals surface area (Å²) in [5.74, 6) is -0.217. The van der Waals surface area contributed by atoms with Crippen molar-refractivity contribution in [3.63, 3.8) is 0 Å². The number of hydrogen-bond donors (Lipinski definition) is 1. The SMILES string of the molecule is CCN1CCN(C2CCN(c3ccc(C(=O)NC4CC4)cc3[N+](=O)[O-])C2)CC1. The summed E-state index contributed by atoms with van der Waals surface area (Å²) in [6.45, 7) is 9.23. The number of benzene rings is 1. The van der Waals surface area contributed by atoms with Crippen LogP contribution in [0.3, 0.4) is 0 Å². The number of likely N-dealkylation sites (N-methyl/N-ethyl adjacent to an activating group) is 1. The summed E-state index contributed by atoms with van der Waals surface area (Å²) in [7, 11) is 0. The van der Waals surface area contributed by atoms with Crippen LogP contribution in [0.1, 0.15) is 36.5 Å². The van der Waals surface area contributed by atoms with E-state index < -0.39 is 0 Å². The first-order valence-electron chi connectivity index (χ1n) is 10.4. The standard InChI is InChI=1S/C20H29N5O3/c1-2-22-9-11-23(12-10-22)17-7-8-24(14-17)18-6-3-15(13-19(18)25(27)28)20(26)21-16-4-5-16/h3,6,13,16-17H,2,4-5,7-12,14H2,1H3,(H,21,26). The van der Waals surface area contributed by atoms with E-state index >= 15 is 0 Å². The number of anilines is 1. The summed E-state index contributed by atoms with van der Waals surface area (Å²) in [5.41, 5.74) is 1.02. The van der Waals surface area contributed by atoms with Crippen LogP contribution in [0.25, 0.3) is 0 Å². The van der Waals surface area contributed by atoms with Gasteiger partial charge in [-0.25, -0.2) is 0 Å². The van der Waals surface area contributed by atoms with Gasteiger partial charge < -0.3 is 15.1 Å². The molecule has 1 aromatic carbocycles. The molecule has 8 nitrogen and oxygen atoms in total. The van der Waals surface area contributed by atoms with Crippen LogP contribution in [0.2, 0.25) is 0 Å². The molecule has 0 spiro atoms. The van der Waals surface area contributed by atoms with Crippen molar-refractivity contribution in [1.82, 2.24) is 15.1 Å². The van der Waals surface area contributed by atoms with Crippen molar-refractivity contribution >= 4 is 17.3 Å². The molecule has 1 atom stereocenters. The van der Waals surface area contributed by atoms with E-state index in [-0.39, 0.29) is 22.6 Å². The molecule has 2 heterocycles. The van der Waals surface area contributed by atoms with Crippen molar-refractivity contribution in [3.8, 4) is 0 Å². The van der Waals surface area contributed by atoms with Crippen LogP contribution in [0.15, 0.2) is 18.2 Å². The van der Waals surface area contributed by atoms with Gasteiger partial charge in [0.25, 0.3) is 11.6 Å².